The van der Waals surface area contributed by atoms with Crippen LogP contribution in [-0.4, -0.2) is 0 Å². The molecule has 0 radical (unpaired) electrons. The number of rotatable bonds is 5. The lowest BCUT2D eigenvalue weighted by molar-refractivity contribution is 0.138. The fourth-order valence-corrected chi connectivity index (χ4v) is 2.20. The van der Waals surface area contributed by atoms with Gasteiger partial charge in [-0.05, 0) is 23.7 Å². The van der Waals surface area contributed by atoms with Crippen molar-refractivity contribution in [2.45, 2.75) is 68.2 Å². The third kappa shape index (κ3) is 4.69. The molecule has 0 nitrogen and oxygen atoms in total. The van der Waals surface area contributed by atoms with Crippen LogP contribution in [0.2, 0.25) is 0 Å². The maximum atomic E-state index is 2.41. The van der Waals surface area contributed by atoms with Gasteiger partial charge in [-0.25, -0.2) is 0 Å². The fourth-order valence-electron chi connectivity index (χ4n) is 2.20. The first kappa shape index (κ1) is 15.5. The largest absolute Gasteiger partial charge is 0.0776 e. The van der Waals surface area contributed by atoms with Crippen LogP contribution in [0.3, 0.4) is 0 Å². The van der Waals surface area contributed by atoms with Crippen LogP contribution in [0.5, 0.6) is 0 Å². The maximum Gasteiger partial charge on any atom is -0.0326 e. The van der Waals surface area contributed by atoms with Gasteiger partial charge in [0.2, 0.25) is 0 Å². The summed E-state index contributed by atoms with van der Waals surface area (Å²) >= 11 is 0. The third-order valence-corrected chi connectivity index (χ3v) is 3.32. The molecule has 0 aromatic heterocycles. The molecule has 0 spiro atoms. The normalized spacial score (nSPS) is 14.1. The zero-order chi connectivity index (χ0) is 9.78. The van der Waals surface area contributed by atoms with Crippen LogP contribution in [0.1, 0.15) is 68.2 Å². The topological polar surface area (TPSA) is 0 Å². The first-order chi connectivity index (χ1) is 5.45. The Morgan fingerprint density at radius 3 is 1.77 bits per heavy atom. The molecule has 0 saturated heterocycles. The van der Waals surface area contributed by atoms with E-state index in [4.69, 9.17) is 0 Å². The Labute approximate surface area is 86.1 Å². The van der Waals surface area contributed by atoms with Crippen LogP contribution < -0.4 is 0 Å². The second kappa shape index (κ2) is 6.45. The van der Waals surface area contributed by atoms with Crippen molar-refractivity contribution in [3.8, 4) is 0 Å². The van der Waals surface area contributed by atoms with E-state index < -0.39 is 0 Å². The second-order valence-corrected chi connectivity index (χ2v) is 4.98. The molecule has 1 atom stereocenters. The van der Waals surface area contributed by atoms with E-state index in [-0.39, 0.29) is 7.43 Å². The average molecular weight is 186 g/mol. The van der Waals surface area contributed by atoms with E-state index in [9.17, 15) is 0 Å². The van der Waals surface area contributed by atoms with Crippen molar-refractivity contribution in [1.82, 2.24) is 0 Å². The minimum Gasteiger partial charge on any atom is -0.0776 e. The van der Waals surface area contributed by atoms with Gasteiger partial charge in [-0.15, -0.1) is 0 Å². The predicted octanol–water partition coefficient (Wildman–Crippen LogP) is 5.13. The lowest BCUT2D eigenvalue weighted by Gasteiger charge is -2.36. The highest BCUT2D eigenvalue weighted by molar-refractivity contribution is 4.78. The van der Waals surface area contributed by atoms with Crippen molar-refractivity contribution in [1.29, 1.82) is 0 Å². The number of hydrogen-bond donors (Lipinski definition) is 0. The lowest BCUT2D eigenvalue weighted by Crippen LogP contribution is -2.27. The van der Waals surface area contributed by atoms with Gasteiger partial charge in [0.05, 0.1) is 0 Å². The molecular formula is C13H30. The van der Waals surface area contributed by atoms with Crippen molar-refractivity contribution < 1.29 is 0 Å². The second-order valence-electron chi connectivity index (χ2n) is 4.98. The molecule has 0 heterocycles. The molecule has 0 heteroatoms. The van der Waals surface area contributed by atoms with Crippen molar-refractivity contribution in [3.05, 3.63) is 0 Å². The molecule has 0 saturated carbocycles. The summed E-state index contributed by atoms with van der Waals surface area (Å²) in [5.41, 5.74) is 0.532. The molecule has 0 fully saturated rings. The molecule has 0 aliphatic carbocycles. The van der Waals surface area contributed by atoms with Gasteiger partial charge in [0.25, 0.3) is 0 Å². The van der Waals surface area contributed by atoms with Gasteiger partial charge in [-0.1, -0.05) is 61.8 Å². The highest BCUT2D eigenvalue weighted by Gasteiger charge is 2.28. The minimum atomic E-state index is 0. The Morgan fingerprint density at radius 2 is 1.54 bits per heavy atom. The molecule has 0 bridgehead atoms. The van der Waals surface area contributed by atoms with E-state index in [0.29, 0.717) is 5.41 Å². The first-order valence-corrected chi connectivity index (χ1v) is 5.45. The highest BCUT2D eigenvalue weighted by atomic mass is 14.3. The molecule has 13 heavy (non-hydrogen) atoms. The number of hydrogen-bond acceptors (Lipinski definition) is 0. The predicted molar refractivity (Wildman–Crippen MR) is 64.0 cm³/mol. The van der Waals surface area contributed by atoms with Crippen LogP contribution >= 0.6 is 0 Å². The molecule has 0 aliphatic heterocycles. The van der Waals surface area contributed by atoms with Gasteiger partial charge in [0.1, 0.15) is 0 Å². The van der Waals surface area contributed by atoms with Crippen molar-refractivity contribution in [2.75, 3.05) is 0 Å². The van der Waals surface area contributed by atoms with E-state index in [1.807, 2.05) is 0 Å². The molecule has 82 valence electrons. The smallest absolute Gasteiger partial charge is 0.0326 e. The van der Waals surface area contributed by atoms with Gasteiger partial charge in [-0.3, -0.25) is 0 Å². The van der Waals surface area contributed by atoms with Crippen molar-refractivity contribution in [2.24, 2.45) is 17.3 Å². The van der Waals surface area contributed by atoms with Gasteiger partial charge in [0.15, 0.2) is 0 Å². The summed E-state index contributed by atoms with van der Waals surface area (Å²) in [6.07, 6.45) is 4.01. The molecule has 0 aromatic carbocycles. The maximum absolute atomic E-state index is 2.41. The third-order valence-electron chi connectivity index (χ3n) is 3.32. The monoisotopic (exact) mass is 186 g/mol. The van der Waals surface area contributed by atoms with E-state index in [1.54, 1.807) is 0 Å². The minimum absolute atomic E-state index is 0. The fraction of sp³-hybridized carbons (Fsp3) is 1.00. The summed E-state index contributed by atoms with van der Waals surface area (Å²) in [4.78, 5) is 0. The van der Waals surface area contributed by atoms with Gasteiger partial charge >= 0.3 is 0 Å². The summed E-state index contributed by atoms with van der Waals surface area (Å²) in [7, 11) is 0. The van der Waals surface area contributed by atoms with Crippen LogP contribution in [0.25, 0.3) is 0 Å². The zero-order valence-electron chi connectivity index (χ0n) is 9.78. The summed E-state index contributed by atoms with van der Waals surface area (Å²) in [5.74, 6) is 1.73. The van der Waals surface area contributed by atoms with Crippen LogP contribution in [0.4, 0.5) is 0 Å². The molecule has 0 amide bonds. The Bertz CT molecular complexity index is 111. The van der Waals surface area contributed by atoms with Crippen molar-refractivity contribution in [3.63, 3.8) is 0 Å². The standard InChI is InChI=1S/C12H26.CH4/c1-7-9-11(10(3)4)12(5,6)8-2;/h10-11H,7-9H2,1-6H3;1H4/t11-;/m0./s1. The lowest BCUT2D eigenvalue weighted by atomic mass is 9.69. The van der Waals surface area contributed by atoms with E-state index in [1.165, 1.54) is 19.3 Å². The summed E-state index contributed by atoms with van der Waals surface area (Å²) < 4.78 is 0. The Balaban J connectivity index is 0. The summed E-state index contributed by atoms with van der Waals surface area (Å²) in [5, 5.41) is 0. The Morgan fingerprint density at radius 1 is 1.08 bits per heavy atom. The quantitative estimate of drug-likeness (QED) is 0.558. The molecule has 0 rings (SSSR count). The van der Waals surface area contributed by atoms with Gasteiger partial charge in [0, 0.05) is 0 Å². The molecule has 0 aromatic rings. The Kier molecular flexibility index (Phi) is 7.68. The molecule has 0 unspecified atom stereocenters. The van der Waals surface area contributed by atoms with Gasteiger partial charge in [-0.2, -0.15) is 0 Å². The van der Waals surface area contributed by atoms with Crippen molar-refractivity contribution >= 4 is 0 Å². The van der Waals surface area contributed by atoms with Crippen LogP contribution in [-0.2, 0) is 0 Å². The molecule has 0 N–H and O–H groups in total. The SMILES string of the molecule is C.CCC[C@@H](C(C)C)C(C)(C)CC. The first-order valence-electron chi connectivity index (χ1n) is 5.45. The Hall–Kier alpha value is 0. The average Bonchev–Trinajstić information content (AvgIpc) is 1.99. The van der Waals surface area contributed by atoms with Crippen LogP contribution in [0.15, 0.2) is 0 Å². The van der Waals surface area contributed by atoms with Crippen LogP contribution in [0, 0.1) is 17.3 Å². The van der Waals surface area contributed by atoms with E-state index in [0.717, 1.165) is 11.8 Å². The highest BCUT2D eigenvalue weighted by Crippen LogP contribution is 2.38. The summed E-state index contributed by atoms with van der Waals surface area (Å²) in [6.45, 7) is 14.1. The van der Waals surface area contributed by atoms with E-state index >= 15 is 0 Å². The summed E-state index contributed by atoms with van der Waals surface area (Å²) in [6, 6.07) is 0. The molecular weight excluding hydrogens is 156 g/mol. The molecule has 0 aliphatic rings. The van der Waals surface area contributed by atoms with E-state index in [2.05, 4.69) is 41.5 Å². The van der Waals surface area contributed by atoms with Gasteiger partial charge < -0.3 is 0 Å². The zero-order valence-corrected chi connectivity index (χ0v) is 9.78.